The van der Waals surface area contributed by atoms with Gasteiger partial charge in [-0.3, -0.25) is 9.59 Å². The molecule has 1 aromatic carbocycles. The molecule has 2 aliphatic carbocycles. The molecule has 1 aromatic heterocycles. The quantitative estimate of drug-likeness (QED) is 0.0202. The number of carbonyl (C=O) groups is 2. The Hall–Kier alpha value is -3.70. The first-order valence-electron chi connectivity index (χ1n) is 22.1. The van der Waals surface area contributed by atoms with Crippen LogP contribution in [0.15, 0.2) is 74.3 Å². The molecule has 5 rings (SSSR count). The number of carbonyl (C=O) groups excluding carboxylic acids is 2. The number of anilines is 1. The summed E-state index contributed by atoms with van der Waals surface area (Å²) in [5, 5.41) is 1.16. The summed E-state index contributed by atoms with van der Waals surface area (Å²) in [4.78, 5) is 43.3. The van der Waals surface area contributed by atoms with Crippen molar-refractivity contribution in [3.05, 3.63) is 98.9 Å². The number of rotatable bonds is 22. The molecule has 1 aliphatic heterocycles. The first-order valence-corrected chi connectivity index (χ1v) is 25.2. The second-order valence-electron chi connectivity index (χ2n) is 17.5. The fourth-order valence-electron chi connectivity index (χ4n) is 7.97. The average Bonchev–Trinajstić information content (AvgIpc) is 3.20. The molecular formula is C48H61N2NaO11S2. The fraction of sp³-hybridized carbons (Fsp3) is 0.500. The third kappa shape index (κ3) is 14.9. The van der Waals surface area contributed by atoms with Gasteiger partial charge in [-0.15, -0.1) is 0 Å². The molecule has 1 unspecified atom stereocenters. The Bertz CT molecular complexity index is 2610. The number of nitrogens with zero attached hydrogens (tertiary/aromatic N) is 2. The van der Waals surface area contributed by atoms with E-state index in [1.165, 1.54) is 18.9 Å². The number of hydrogen-bond acceptors (Lipinski definition) is 12. The molecule has 64 heavy (non-hydrogen) atoms. The molecule has 0 radical (unpaired) electrons. The van der Waals surface area contributed by atoms with Crippen molar-refractivity contribution in [2.45, 2.75) is 111 Å². The normalized spacial score (nSPS) is 14.8. The van der Waals surface area contributed by atoms with Crippen molar-refractivity contribution in [1.29, 1.82) is 0 Å². The zero-order valence-electron chi connectivity index (χ0n) is 38.2. The first-order chi connectivity index (χ1) is 29.8. The summed E-state index contributed by atoms with van der Waals surface area (Å²) in [6.45, 7) is 12.3. The number of hydrogen-bond donors (Lipinski definition) is 0. The monoisotopic (exact) mass is 928 g/mol. The number of ketones is 2. The molecule has 0 spiro atoms. The number of benzene rings is 2. The maximum absolute atomic E-state index is 13.8. The summed E-state index contributed by atoms with van der Waals surface area (Å²) in [6.07, 6.45) is 15.6. The van der Waals surface area contributed by atoms with Gasteiger partial charge in [-0.2, -0.15) is 0 Å². The molecule has 3 aliphatic rings. The minimum Gasteiger partial charge on any atom is -0.748 e. The molecule has 0 fully saturated rings. The summed E-state index contributed by atoms with van der Waals surface area (Å²) in [5.74, 6) is -2.21. The fourth-order valence-corrected chi connectivity index (χ4v) is 8.93. The zero-order valence-corrected chi connectivity index (χ0v) is 41.8. The van der Waals surface area contributed by atoms with Crippen LogP contribution in [0.2, 0.25) is 0 Å². The zero-order chi connectivity index (χ0) is 46.0. The minimum absolute atomic E-state index is 0. The van der Waals surface area contributed by atoms with E-state index < -0.39 is 54.5 Å². The van der Waals surface area contributed by atoms with Crippen molar-refractivity contribution in [3.63, 3.8) is 0 Å². The van der Waals surface area contributed by atoms with E-state index in [2.05, 4.69) is 18.7 Å². The molecule has 0 saturated carbocycles. The molecule has 342 valence electrons. The Labute approximate surface area is 399 Å². The largest absolute Gasteiger partial charge is 1.00 e. The molecule has 0 bridgehead atoms. The summed E-state index contributed by atoms with van der Waals surface area (Å²) >= 11 is 0. The maximum Gasteiger partial charge on any atom is 1.00 e. The Morgan fingerprint density at radius 2 is 1.41 bits per heavy atom. The van der Waals surface area contributed by atoms with Gasteiger partial charge < -0.3 is 22.8 Å². The van der Waals surface area contributed by atoms with Crippen molar-refractivity contribution in [3.8, 4) is 11.3 Å². The Balaban J connectivity index is 0.00000898. The third-order valence-corrected chi connectivity index (χ3v) is 13.0. The van der Waals surface area contributed by atoms with Gasteiger partial charge in [0.15, 0.2) is 11.6 Å². The second kappa shape index (κ2) is 23.7. The van der Waals surface area contributed by atoms with Gasteiger partial charge in [0.1, 0.15) is 35.8 Å². The van der Waals surface area contributed by atoms with Crippen LogP contribution in [0, 0.1) is 5.92 Å². The van der Waals surface area contributed by atoms with Gasteiger partial charge in [-0.25, -0.2) is 26.2 Å². The predicted octanol–water partition coefficient (Wildman–Crippen LogP) is 4.60. The van der Waals surface area contributed by atoms with Crippen LogP contribution >= 0.6 is 0 Å². The molecule has 16 heteroatoms. The van der Waals surface area contributed by atoms with Gasteiger partial charge in [-0.1, -0.05) is 97.4 Å². The van der Waals surface area contributed by atoms with E-state index in [1.54, 1.807) is 41.0 Å². The van der Waals surface area contributed by atoms with Crippen molar-refractivity contribution in [1.82, 2.24) is 4.58 Å². The standard InChI is InChI=1S/C48H62N2O11S2.Na/c1-6-8-10-14-24-49(25-15-11-9-7-2)36-21-23-38-40-33-41(51)39(46(52)45(40)47(53)61-43(38)32-36)19-13-12-18-34-30-44(48(3,4)5)60-42-31-35(20-22-37(34)42)50(26-16-28-62(54,55)56)27-17-29-63(57,58)59;/h12-13,18-23,30-32,39H,6-11,14-17,24-29,33H2,1-5H3,(H-,54,55,56,57,58,59);/q;+1/p-1/b18-12+,19-13+;. The van der Waals surface area contributed by atoms with E-state index in [-0.39, 0.29) is 73.3 Å². The summed E-state index contributed by atoms with van der Waals surface area (Å²) in [5.41, 5.74) is 1.88. The average molecular weight is 929 g/mol. The molecule has 1 atom stereocenters. The first kappa shape index (κ1) is 52.9. The smallest absolute Gasteiger partial charge is 0.748 e. The number of unbranched alkanes of at least 4 members (excludes halogenated alkanes) is 6. The molecule has 0 amide bonds. The van der Waals surface area contributed by atoms with Gasteiger partial charge in [-0.05, 0) is 48.2 Å². The van der Waals surface area contributed by atoms with Crippen LogP contribution in [0.5, 0.6) is 0 Å². The number of fused-ring (bicyclic) bond motifs is 4. The van der Waals surface area contributed by atoms with Crippen LogP contribution in [-0.2, 0) is 36.9 Å². The predicted molar refractivity (Wildman–Crippen MR) is 245 cm³/mol. The maximum atomic E-state index is 13.8. The molecule has 2 heterocycles. The molecule has 13 nitrogen and oxygen atoms in total. The van der Waals surface area contributed by atoms with Crippen LogP contribution < -0.4 is 50.0 Å². The Morgan fingerprint density at radius 1 is 0.781 bits per heavy atom. The van der Waals surface area contributed by atoms with Gasteiger partial charge in [0.2, 0.25) is 5.36 Å². The second-order valence-corrected chi connectivity index (χ2v) is 20.5. The van der Waals surface area contributed by atoms with Crippen LogP contribution in [-0.4, -0.2) is 75.2 Å². The Morgan fingerprint density at radius 3 is 1.98 bits per heavy atom. The third-order valence-electron chi connectivity index (χ3n) is 11.4. The van der Waals surface area contributed by atoms with E-state index in [0.29, 0.717) is 39.0 Å². The van der Waals surface area contributed by atoms with Gasteiger partial charge in [0.25, 0.3) is 0 Å². The van der Waals surface area contributed by atoms with Crippen LogP contribution in [0.3, 0.4) is 0 Å². The van der Waals surface area contributed by atoms with E-state index in [9.17, 15) is 40.3 Å². The summed E-state index contributed by atoms with van der Waals surface area (Å²) < 4.78 is 81.7. The van der Waals surface area contributed by atoms with Crippen LogP contribution in [0.25, 0.3) is 28.4 Å². The van der Waals surface area contributed by atoms with Crippen molar-refractivity contribution in [2.24, 2.45) is 5.92 Å². The number of allylic oxidation sites excluding steroid dienone is 3. The van der Waals surface area contributed by atoms with E-state index in [0.717, 1.165) is 62.9 Å². The molecule has 0 N–H and O–H groups in total. The van der Waals surface area contributed by atoms with Crippen LogP contribution in [0.4, 0.5) is 5.69 Å². The Kier molecular flexibility index (Phi) is 19.6. The van der Waals surface area contributed by atoms with E-state index >= 15 is 0 Å². The van der Waals surface area contributed by atoms with E-state index in [4.69, 9.17) is 8.83 Å². The van der Waals surface area contributed by atoms with Gasteiger partial charge >= 0.3 is 35.2 Å². The topological polar surface area (TPSA) is 198 Å². The minimum atomic E-state index is -4.48. The molecule has 0 saturated heterocycles. The number of Topliss-reactive ketones (excluding diaryl/α,β-unsaturated/α-hetero) is 2. The molecular weight excluding hydrogens is 868 g/mol. The van der Waals surface area contributed by atoms with E-state index in [1.807, 2.05) is 45.0 Å². The van der Waals surface area contributed by atoms with Crippen LogP contribution in [0.1, 0.15) is 126 Å². The summed E-state index contributed by atoms with van der Waals surface area (Å²) in [7, 11) is -8.96. The van der Waals surface area contributed by atoms with Crippen molar-refractivity contribution >= 4 is 54.5 Å². The van der Waals surface area contributed by atoms with Gasteiger partial charge in [0.05, 0.1) is 32.2 Å². The van der Waals surface area contributed by atoms with Gasteiger partial charge in [0, 0.05) is 78.0 Å². The summed E-state index contributed by atoms with van der Waals surface area (Å²) in [6, 6.07) is 12.9. The molecule has 2 aromatic rings. The SMILES string of the molecule is CCCCCCN(CCCCCC)c1ccc2c3c(c(=O)oc2c1)C(=O)C(/C=C/C=C/c1cc(C(C)(C)C)oc2cc(=[N+](CCCS(=O)(=O)[O-])CCCS(=O)(=O)[O-])ccc1-2)C(=O)C3.[Na+]. The van der Waals surface area contributed by atoms with Crippen molar-refractivity contribution < 1.29 is 73.9 Å². The van der Waals surface area contributed by atoms with Crippen molar-refractivity contribution in [2.75, 3.05) is 42.6 Å².